The van der Waals surface area contributed by atoms with Gasteiger partial charge in [-0.2, -0.15) is 4.98 Å². The Kier molecular flexibility index (Phi) is 9.37. The molecule has 1 saturated heterocycles. The summed E-state index contributed by atoms with van der Waals surface area (Å²) < 4.78 is 5.07. The molecule has 0 atom stereocenters. The largest absolute Gasteiger partial charge is 0.356 e. The summed E-state index contributed by atoms with van der Waals surface area (Å²) >= 11 is 0. The molecule has 2 rings (SSSR count). The normalized spacial score (nSPS) is 16.2. The lowest BCUT2D eigenvalue weighted by atomic mass is 10.1. The molecule has 2 heterocycles. The molecular weight excluding hydrogens is 395 g/mol. The van der Waals surface area contributed by atoms with Crippen LogP contribution in [0.1, 0.15) is 31.0 Å². The molecule has 0 spiro atoms. The summed E-state index contributed by atoms with van der Waals surface area (Å²) in [6, 6.07) is 0. The smallest absolute Gasteiger partial charge is 0.228 e. The highest BCUT2D eigenvalue weighted by Gasteiger charge is 2.09. The number of hydrogen-bond acceptors (Lipinski definition) is 5. The van der Waals surface area contributed by atoms with Crippen LogP contribution in [-0.2, 0) is 6.42 Å². The van der Waals surface area contributed by atoms with Gasteiger partial charge in [0.2, 0.25) is 5.89 Å². The van der Waals surface area contributed by atoms with Gasteiger partial charge in [-0.1, -0.05) is 11.6 Å². The fourth-order valence-electron chi connectivity index (χ4n) is 2.47. The molecule has 0 aliphatic carbocycles. The van der Waals surface area contributed by atoms with Crippen LogP contribution in [0, 0.1) is 6.92 Å². The molecule has 0 unspecified atom stereocenters. The molecule has 1 aliphatic rings. The van der Waals surface area contributed by atoms with Crippen molar-refractivity contribution in [2.75, 3.05) is 39.8 Å². The third-order valence-electron chi connectivity index (χ3n) is 3.59. The number of aromatic nitrogens is 2. The number of nitrogens with zero attached hydrogens (tertiary/aromatic N) is 4. The van der Waals surface area contributed by atoms with Gasteiger partial charge in [0.25, 0.3) is 0 Å². The molecule has 0 radical (unpaired) electrons. The molecule has 2 N–H and O–H groups in total. The van der Waals surface area contributed by atoms with E-state index in [1.807, 2.05) is 6.92 Å². The van der Waals surface area contributed by atoms with Gasteiger partial charge in [-0.05, 0) is 32.9 Å². The van der Waals surface area contributed by atoms with E-state index in [-0.39, 0.29) is 24.0 Å². The highest BCUT2D eigenvalue weighted by atomic mass is 127. The van der Waals surface area contributed by atoms with Crippen molar-refractivity contribution in [2.45, 2.75) is 32.6 Å². The lowest BCUT2D eigenvalue weighted by Crippen LogP contribution is -2.43. The third-order valence-corrected chi connectivity index (χ3v) is 3.59. The average Bonchev–Trinajstić information content (AvgIpc) is 2.92. The zero-order valence-electron chi connectivity index (χ0n) is 13.5. The summed E-state index contributed by atoms with van der Waals surface area (Å²) in [6.45, 7) is 6.99. The summed E-state index contributed by atoms with van der Waals surface area (Å²) in [4.78, 5) is 10.9. The molecule has 1 fully saturated rings. The highest BCUT2D eigenvalue weighted by molar-refractivity contribution is 14.0. The molecule has 1 aromatic rings. The first-order chi connectivity index (χ1) is 10.3. The van der Waals surface area contributed by atoms with Crippen LogP contribution < -0.4 is 10.6 Å². The molecule has 8 heteroatoms. The van der Waals surface area contributed by atoms with Crippen molar-refractivity contribution < 1.29 is 4.52 Å². The second-order valence-electron chi connectivity index (χ2n) is 5.31. The van der Waals surface area contributed by atoms with Gasteiger partial charge in [0, 0.05) is 33.1 Å². The van der Waals surface area contributed by atoms with Crippen molar-refractivity contribution in [3.8, 4) is 0 Å². The van der Waals surface area contributed by atoms with Crippen molar-refractivity contribution in [3.05, 3.63) is 11.7 Å². The third kappa shape index (κ3) is 6.91. The molecular formula is C14H27IN6O. The van der Waals surface area contributed by atoms with Gasteiger partial charge in [0.05, 0.1) is 0 Å². The first kappa shape index (κ1) is 19.1. The summed E-state index contributed by atoms with van der Waals surface area (Å²) in [5.74, 6) is 2.15. The van der Waals surface area contributed by atoms with E-state index in [1.165, 1.54) is 32.4 Å². The summed E-state index contributed by atoms with van der Waals surface area (Å²) in [6.07, 6.45) is 4.74. The molecule has 7 nitrogen and oxygen atoms in total. The predicted octanol–water partition coefficient (Wildman–Crippen LogP) is 1.19. The fraction of sp³-hybridized carbons (Fsp3) is 0.786. The number of aryl methyl sites for hydroxylation is 1. The zero-order chi connectivity index (χ0) is 14.9. The predicted molar refractivity (Wildman–Crippen MR) is 97.8 cm³/mol. The van der Waals surface area contributed by atoms with E-state index in [2.05, 4.69) is 30.7 Å². The first-order valence-electron chi connectivity index (χ1n) is 7.74. The maximum atomic E-state index is 5.07. The Morgan fingerprint density at radius 3 is 2.59 bits per heavy atom. The quantitative estimate of drug-likeness (QED) is 0.408. The minimum Gasteiger partial charge on any atom is -0.356 e. The van der Waals surface area contributed by atoms with Crippen molar-refractivity contribution in [1.29, 1.82) is 0 Å². The van der Waals surface area contributed by atoms with Crippen LogP contribution in [-0.4, -0.2) is 60.8 Å². The number of nitrogens with one attached hydrogen (secondary N) is 2. The van der Waals surface area contributed by atoms with E-state index in [4.69, 9.17) is 4.52 Å². The Hall–Kier alpha value is -0.900. The zero-order valence-corrected chi connectivity index (χ0v) is 15.8. The average molecular weight is 422 g/mol. The van der Waals surface area contributed by atoms with Crippen molar-refractivity contribution >= 4 is 29.9 Å². The summed E-state index contributed by atoms with van der Waals surface area (Å²) in [5, 5.41) is 10.4. The Bertz CT molecular complexity index is 444. The second-order valence-corrected chi connectivity index (χ2v) is 5.31. The van der Waals surface area contributed by atoms with Gasteiger partial charge in [0.1, 0.15) is 0 Å². The monoisotopic (exact) mass is 422 g/mol. The van der Waals surface area contributed by atoms with Crippen LogP contribution in [0.4, 0.5) is 0 Å². The van der Waals surface area contributed by atoms with Crippen LogP contribution in [0.5, 0.6) is 0 Å². The lowest BCUT2D eigenvalue weighted by Gasteiger charge is -2.26. The minimum absolute atomic E-state index is 0. The van der Waals surface area contributed by atoms with Gasteiger partial charge in [-0.15, -0.1) is 24.0 Å². The fourth-order valence-corrected chi connectivity index (χ4v) is 2.47. The second kappa shape index (κ2) is 10.8. The van der Waals surface area contributed by atoms with E-state index >= 15 is 0 Å². The number of aliphatic imine (C=N–C) groups is 1. The van der Waals surface area contributed by atoms with Crippen LogP contribution in [0.3, 0.4) is 0 Å². The molecule has 1 aromatic heterocycles. The molecule has 1 aliphatic heterocycles. The number of guanidine groups is 1. The van der Waals surface area contributed by atoms with Gasteiger partial charge >= 0.3 is 0 Å². The number of halogens is 1. The SMILES string of the molecule is CN=C(NCCc1nc(C)no1)NCCN1CCCCC1.I. The Morgan fingerprint density at radius 2 is 1.95 bits per heavy atom. The van der Waals surface area contributed by atoms with E-state index in [0.29, 0.717) is 18.1 Å². The minimum atomic E-state index is 0. The summed E-state index contributed by atoms with van der Waals surface area (Å²) in [5.41, 5.74) is 0. The number of rotatable bonds is 6. The Labute approximate surface area is 149 Å². The van der Waals surface area contributed by atoms with Gasteiger partial charge in [-0.25, -0.2) is 0 Å². The summed E-state index contributed by atoms with van der Waals surface area (Å²) in [7, 11) is 1.78. The highest BCUT2D eigenvalue weighted by Crippen LogP contribution is 2.07. The number of piperidine rings is 1. The van der Waals surface area contributed by atoms with Crippen LogP contribution in [0.25, 0.3) is 0 Å². The number of hydrogen-bond donors (Lipinski definition) is 2. The Balaban J connectivity index is 0.00000242. The van der Waals surface area contributed by atoms with E-state index < -0.39 is 0 Å². The maximum absolute atomic E-state index is 5.07. The van der Waals surface area contributed by atoms with Crippen molar-refractivity contribution in [3.63, 3.8) is 0 Å². The molecule has 0 bridgehead atoms. The van der Waals surface area contributed by atoms with E-state index in [1.54, 1.807) is 7.05 Å². The van der Waals surface area contributed by atoms with Crippen LogP contribution in [0.15, 0.2) is 9.52 Å². The maximum Gasteiger partial charge on any atom is 0.228 e. The standard InChI is InChI=1S/C14H26N6O.HI/c1-12-18-13(21-19-12)6-7-16-14(15-2)17-8-11-20-9-4-3-5-10-20;/h3-11H2,1-2H3,(H2,15,16,17);1H. The van der Waals surface area contributed by atoms with Crippen molar-refractivity contribution in [1.82, 2.24) is 25.7 Å². The molecule has 0 amide bonds. The molecule has 0 aromatic carbocycles. The van der Waals surface area contributed by atoms with Gasteiger partial charge in [-0.3, -0.25) is 4.99 Å². The van der Waals surface area contributed by atoms with Crippen LogP contribution >= 0.6 is 24.0 Å². The topological polar surface area (TPSA) is 78.6 Å². The van der Waals surface area contributed by atoms with Crippen molar-refractivity contribution in [2.24, 2.45) is 4.99 Å². The van der Waals surface area contributed by atoms with E-state index in [9.17, 15) is 0 Å². The molecule has 22 heavy (non-hydrogen) atoms. The molecule has 126 valence electrons. The van der Waals surface area contributed by atoms with E-state index in [0.717, 1.165) is 25.6 Å². The van der Waals surface area contributed by atoms with Crippen LogP contribution in [0.2, 0.25) is 0 Å². The molecule has 0 saturated carbocycles. The first-order valence-corrected chi connectivity index (χ1v) is 7.74. The Morgan fingerprint density at radius 1 is 1.23 bits per heavy atom. The van der Waals surface area contributed by atoms with Gasteiger partial charge in [0.15, 0.2) is 11.8 Å². The lowest BCUT2D eigenvalue weighted by molar-refractivity contribution is 0.232. The van der Waals surface area contributed by atoms with Gasteiger partial charge < -0.3 is 20.1 Å². The number of likely N-dealkylation sites (tertiary alicyclic amines) is 1.